The first-order valence-electron chi connectivity index (χ1n) is 11.2. The highest BCUT2D eigenvalue weighted by Gasteiger charge is 2.26. The zero-order valence-corrected chi connectivity index (χ0v) is 19.4. The summed E-state index contributed by atoms with van der Waals surface area (Å²) >= 11 is 0. The first kappa shape index (κ1) is 22.8. The Balaban J connectivity index is 1.26. The Morgan fingerprint density at radius 3 is 2.36 bits per heavy atom. The Morgan fingerprint density at radius 1 is 1.00 bits per heavy atom. The van der Waals surface area contributed by atoms with Crippen molar-refractivity contribution in [3.63, 3.8) is 0 Å². The number of ether oxygens (including phenoxy) is 2. The zero-order chi connectivity index (χ0) is 23.3. The van der Waals surface area contributed by atoms with Crippen molar-refractivity contribution in [1.29, 1.82) is 0 Å². The van der Waals surface area contributed by atoms with E-state index in [4.69, 9.17) is 14.0 Å². The average Bonchev–Trinajstić information content (AvgIpc) is 3.26. The maximum absolute atomic E-state index is 12.2. The molecule has 1 aromatic heterocycles. The highest BCUT2D eigenvalue weighted by molar-refractivity contribution is 5.68. The van der Waals surface area contributed by atoms with Gasteiger partial charge in [-0.1, -0.05) is 35.5 Å². The third kappa shape index (κ3) is 6.55. The lowest BCUT2D eigenvalue weighted by Crippen LogP contribution is -2.49. The third-order valence-corrected chi connectivity index (χ3v) is 5.21. The number of benzene rings is 2. The Hall–Kier alpha value is -3.39. The molecule has 0 unspecified atom stereocenters. The predicted octanol–water partition coefficient (Wildman–Crippen LogP) is 4.37. The van der Waals surface area contributed by atoms with E-state index >= 15 is 0 Å². The molecule has 8 nitrogen and oxygen atoms in total. The molecule has 0 atom stereocenters. The number of amides is 1. The summed E-state index contributed by atoms with van der Waals surface area (Å²) < 4.78 is 16.7. The molecule has 8 heteroatoms. The van der Waals surface area contributed by atoms with Crippen LogP contribution in [-0.2, 0) is 17.9 Å². The van der Waals surface area contributed by atoms with Crippen LogP contribution in [0.1, 0.15) is 32.2 Å². The molecule has 1 amide bonds. The van der Waals surface area contributed by atoms with Gasteiger partial charge < -0.3 is 18.9 Å². The van der Waals surface area contributed by atoms with Gasteiger partial charge >= 0.3 is 6.09 Å². The Kier molecular flexibility index (Phi) is 6.93. The highest BCUT2D eigenvalue weighted by Crippen LogP contribution is 2.21. The van der Waals surface area contributed by atoms with Crippen LogP contribution in [0.2, 0.25) is 0 Å². The first-order valence-corrected chi connectivity index (χ1v) is 11.2. The lowest BCUT2D eigenvalue weighted by molar-refractivity contribution is 0.0132. The number of hydrogen-bond acceptors (Lipinski definition) is 7. The molecule has 0 N–H and O–H groups in total. The molecule has 33 heavy (non-hydrogen) atoms. The second kappa shape index (κ2) is 10.0. The molecule has 1 saturated heterocycles. The molecule has 0 aliphatic carbocycles. The summed E-state index contributed by atoms with van der Waals surface area (Å²) in [5.41, 5.74) is 1.50. The van der Waals surface area contributed by atoms with E-state index in [1.807, 2.05) is 75.4 Å². The van der Waals surface area contributed by atoms with Crippen molar-refractivity contribution in [3.05, 3.63) is 66.1 Å². The third-order valence-electron chi connectivity index (χ3n) is 5.21. The van der Waals surface area contributed by atoms with Crippen LogP contribution in [0.25, 0.3) is 11.4 Å². The molecule has 174 valence electrons. The Bertz CT molecular complexity index is 1040. The number of aromatic nitrogens is 2. The van der Waals surface area contributed by atoms with E-state index in [-0.39, 0.29) is 6.09 Å². The molecule has 0 bridgehead atoms. The van der Waals surface area contributed by atoms with Crippen LogP contribution in [0.15, 0.2) is 59.1 Å². The van der Waals surface area contributed by atoms with Crippen LogP contribution in [0.5, 0.6) is 5.75 Å². The van der Waals surface area contributed by atoms with Crippen LogP contribution in [0, 0.1) is 0 Å². The standard InChI is InChI=1S/C25H30N4O4/c1-25(2,3)32-24(30)29-15-13-28(14-16-29)17-22-26-23(27-33-22)20-9-11-21(12-10-20)31-18-19-7-5-4-6-8-19/h4-12H,13-18H2,1-3H3. The highest BCUT2D eigenvalue weighted by atomic mass is 16.6. The fraction of sp³-hybridized carbons (Fsp3) is 0.400. The normalized spacial score (nSPS) is 14.8. The van der Waals surface area contributed by atoms with E-state index in [2.05, 4.69) is 15.0 Å². The summed E-state index contributed by atoms with van der Waals surface area (Å²) in [7, 11) is 0. The number of piperazine rings is 1. The lowest BCUT2D eigenvalue weighted by Gasteiger charge is -2.34. The van der Waals surface area contributed by atoms with Gasteiger partial charge in [0.15, 0.2) is 0 Å². The molecule has 4 rings (SSSR count). The minimum Gasteiger partial charge on any atom is -0.489 e. The second-order valence-corrected chi connectivity index (χ2v) is 9.05. The van der Waals surface area contributed by atoms with Gasteiger partial charge in [-0.25, -0.2) is 4.79 Å². The number of nitrogens with zero attached hydrogens (tertiary/aromatic N) is 4. The van der Waals surface area contributed by atoms with Crippen LogP contribution in [0.3, 0.4) is 0 Å². The van der Waals surface area contributed by atoms with E-state index < -0.39 is 5.60 Å². The fourth-order valence-corrected chi connectivity index (χ4v) is 3.48. The van der Waals surface area contributed by atoms with Gasteiger partial charge in [-0.05, 0) is 50.6 Å². The van der Waals surface area contributed by atoms with E-state index in [0.29, 0.717) is 38.0 Å². The first-order chi connectivity index (χ1) is 15.9. The molecule has 1 aliphatic rings. The quantitative estimate of drug-likeness (QED) is 0.552. The van der Waals surface area contributed by atoms with Gasteiger partial charge in [0.05, 0.1) is 6.54 Å². The molecular weight excluding hydrogens is 420 g/mol. The van der Waals surface area contributed by atoms with Crippen LogP contribution in [-0.4, -0.2) is 57.8 Å². The monoisotopic (exact) mass is 450 g/mol. The molecule has 0 radical (unpaired) electrons. The SMILES string of the molecule is CC(C)(C)OC(=O)N1CCN(Cc2nc(-c3ccc(OCc4ccccc4)cc3)no2)CC1. The molecule has 0 saturated carbocycles. The van der Waals surface area contributed by atoms with E-state index in [1.165, 1.54) is 0 Å². The summed E-state index contributed by atoms with van der Waals surface area (Å²) in [6.45, 7) is 9.37. The Morgan fingerprint density at radius 2 is 1.70 bits per heavy atom. The van der Waals surface area contributed by atoms with Crippen molar-refractivity contribution in [3.8, 4) is 17.1 Å². The molecule has 2 aromatic carbocycles. The fourth-order valence-electron chi connectivity index (χ4n) is 3.48. The summed E-state index contributed by atoms with van der Waals surface area (Å²) in [4.78, 5) is 20.7. The predicted molar refractivity (Wildman–Crippen MR) is 124 cm³/mol. The molecule has 1 aliphatic heterocycles. The van der Waals surface area contributed by atoms with Crippen LogP contribution < -0.4 is 4.74 Å². The smallest absolute Gasteiger partial charge is 0.410 e. The molecule has 1 fully saturated rings. The lowest BCUT2D eigenvalue weighted by atomic mass is 10.2. The number of carbonyl (C=O) groups excluding carboxylic acids is 1. The molecular formula is C25H30N4O4. The minimum absolute atomic E-state index is 0.265. The maximum atomic E-state index is 12.2. The Labute approximate surface area is 194 Å². The van der Waals surface area contributed by atoms with Gasteiger partial charge in [0.25, 0.3) is 0 Å². The minimum atomic E-state index is -0.486. The van der Waals surface area contributed by atoms with Crippen molar-refractivity contribution in [2.24, 2.45) is 0 Å². The van der Waals surface area contributed by atoms with Gasteiger partial charge in [-0.3, -0.25) is 4.90 Å². The van der Waals surface area contributed by atoms with Crippen molar-refractivity contribution in [1.82, 2.24) is 19.9 Å². The zero-order valence-electron chi connectivity index (χ0n) is 19.4. The second-order valence-electron chi connectivity index (χ2n) is 9.05. The van der Waals surface area contributed by atoms with Gasteiger partial charge in [0.2, 0.25) is 11.7 Å². The van der Waals surface area contributed by atoms with Gasteiger partial charge in [-0.15, -0.1) is 0 Å². The van der Waals surface area contributed by atoms with E-state index in [1.54, 1.807) is 4.90 Å². The van der Waals surface area contributed by atoms with Crippen LogP contribution in [0.4, 0.5) is 4.79 Å². The largest absolute Gasteiger partial charge is 0.489 e. The summed E-state index contributed by atoms with van der Waals surface area (Å²) in [5.74, 6) is 1.89. The van der Waals surface area contributed by atoms with Crippen molar-refractivity contribution in [2.75, 3.05) is 26.2 Å². The van der Waals surface area contributed by atoms with Gasteiger partial charge in [0, 0.05) is 31.7 Å². The topological polar surface area (TPSA) is 80.9 Å². The van der Waals surface area contributed by atoms with E-state index in [9.17, 15) is 4.79 Å². The molecule has 0 spiro atoms. The number of rotatable bonds is 6. The number of carbonyl (C=O) groups is 1. The maximum Gasteiger partial charge on any atom is 0.410 e. The van der Waals surface area contributed by atoms with Crippen molar-refractivity contribution in [2.45, 2.75) is 39.5 Å². The molecule has 3 aromatic rings. The van der Waals surface area contributed by atoms with Gasteiger partial charge in [-0.2, -0.15) is 4.98 Å². The summed E-state index contributed by atoms with van der Waals surface area (Å²) in [5, 5.41) is 4.12. The van der Waals surface area contributed by atoms with Crippen LogP contribution >= 0.6 is 0 Å². The summed E-state index contributed by atoms with van der Waals surface area (Å²) in [6.07, 6.45) is -0.265. The summed E-state index contributed by atoms with van der Waals surface area (Å²) in [6, 6.07) is 17.7. The van der Waals surface area contributed by atoms with Gasteiger partial charge in [0.1, 0.15) is 18.0 Å². The average molecular weight is 451 g/mol. The van der Waals surface area contributed by atoms with Crippen molar-refractivity contribution < 1.29 is 18.8 Å². The van der Waals surface area contributed by atoms with Crippen molar-refractivity contribution >= 4 is 6.09 Å². The number of hydrogen-bond donors (Lipinski definition) is 0. The molecule has 2 heterocycles. The van der Waals surface area contributed by atoms with E-state index in [0.717, 1.165) is 30.0 Å².